The normalized spacial score (nSPS) is 10.9. The van der Waals surface area contributed by atoms with E-state index in [-0.39, 0.29) is 0 Å². The van der Waals surface area contributed by atoms with E-state index in [0.717, 1.165) is 31.9 Å². The molecule has 0 aliphatic heterocycles. The molecule has 4 rings (SSSR count). The Kier molecular flexibility index (Phi) is 4.51. The molecule has 2 aromatic carbocycles. The molecule has 134 valence electrons. The number of anilines is 2. The minimum atomic E-state index is -0.454. The Labute approximate surface area is 164 Å². The van der Waals surface area contributed by atoms with Crippen LogP contribution in [0.5, 0.6) is 0 Å². The van der Waals surface area contributed by atoms with Gasteiger partial charge in [-0.15, -0.1) is 11.3 Å². The number of hydrogen-bond donors (Lipinski definition) is 2. The van der Waals surface area contributed by atoms with Crippen LogP contribution < -0.4 is 11.1 Å². The van der Waals surface area contributed by atoms with Crippen molar-refractivity contribution in [3.63, 3.8) is 0 Å². The summed E-state index contributed by atoms with van der Waals surface area (Å²) in [4.78, 5) is 22.2. The van der Waals surface area contributed by atoms with Gasteiger partial charge in [-0.2, -0.15) is 0 Å². The predicted octanol–water partition coefficient (Wildman–Crippen LogP) is 5.16. The Hall–Kier alpha value is -2.96. The molecule has 0 aliphatic carbocycles. The van der Waals surface area contributed by atoms with E-state index in [1.807, 2.05) is 24.3 Å². The lowest BCUT2D eigenvalue weighted by atomic mass is 10.0. The number of carbonyl (C=O) groups is 1. The molecule has 2 aromatic heterocycles. The van der Waals surface area contributed by atoms with Crippen LogP contribution in [0.2, 0.25) is 5.02 Å². The highest BCUT2D eigenvalue weighted by Crippen LogP contribution is 2.41. The summed E-state index contributed by atoms with van der Waals surface area (Å²) in [6, 6.07) is 14.7. The summed E-state index contributed by atoms with van der Waals surface area (Å²) in [7, 11) is 0. The van der Waals surface area contributed by atoms with Crippen LogP contribution in [0.15, 0.2) is 54.9 Å². The Bertz CT molecular complexity index is 1140. The number of aryl methyl sites for hydroxylation is 1. The van der Waals surface area contributed by atoms with Gasteiger partial charge in [-0.25, -0.2) is 9.97 Å². The van der Waals surface area contributed by atoms with Crippen LogP contribution in [0.3, 0.4) is 0 Å². The number of thiophene rings is 1. The van der Waals surface area contributed by atoms with E-state index in [2.05, 4.69) is 22.2 Å². The van der Waals surface area contributed by atoms with Crippen molar-refractivity contribution >= 4 is 50.6 Å². The van der Waals surface area contributed by atoms with Crippen LogP contribution in [0.4, 0.5) is 11.5 Å². The second kappa shape index (κ2) is 6.98. The van der Waals surface area contributed by atoms with Crippen LogP contribution in [0.1, 0.15) is 15.2 Å². The Morgan fingerprint density at radius 1 is 1.07 bits per heavy atom. The molecule has 4 aromatic rings. The number of hydrogen-bond acceptors (Lipinski definition) is 5. The highest BCUT2D eigenvalue weighted by molar-refractivity contribution is 7.19. The van der Waals surface area contributed by atoms with Gasteiger partial charge in [-0.3, -0.25) is 4.79 Å². The minimum absolute atomic E-state index is 0.454. The molecule has 0 radical (unpaired) electrons. The number of amides is 1. The van der Waals surface area contributed by atoms with E-state index in [4.69, 9.17) is 17.3 Å². The van der Waals surface area contributed by atoms with E-state index in [9.17, 15) is 4.79 Å². The van der Waals surface area contributed by atoms with Crippen LogP contribution in [0.25, 0.3) is 21.3 Å². The maximum atomic E-state index is 11.2. The van der Waals surface area contributed by atoms with Crippen LogP contribution in [0, 0.1) is 6.92 Å². The zero-order chi connectivity index (χ0) is 19.0. The maximum absolute atomic E-state index is 11.2. The first kappa shape index (κ1) is 17.5. The fraction of sp³-hybridized carbons (Fsp3) is 0.0500. The van der Waals surface area contributed by atoms with Gasteiger partial charge in [-0.1, -0.05) is 23.7 Å². The van der Waals surface area contributed by atoms with Gasteiger partial charge in [0.2, 0.25) is 5.91 Å². The van der Waals surface area contributed by atoms with Crippen molar-refractivity contribution in [2.24, 2.45) is 5.73 Å². The summed E-state index contributed by atoms with van der Waals surface area (Å²) in [5, 5.41) is 4.98. The van der Waals surface area contributed by atoms with Crippen molar-refractivity contribution in [1.82, 2.24) is 9.97 Å². The standard InChI is InChI=1S/C20H15ClN4OS/c1-11-16(12-2-6-14(21)7-3-12)17-19(23-10-24-20(17)27-11)25-15-8-4-13(5-9-15)18(22)26/h2-10H,1H3,(H2,22,26)(H,23,24,25). The molecule has 0 spiro atoms. The Balaban J connectivity index is 1.81. The average molecular weight is 395 g/mol. The van der Waals surface area contributed by atoms with Crippen molar-refractivity contribution < 1.29 is 4.79 Å². The summed E-state index contributed by atoms with van der Waals surface area (Å²) in [6.07, 6.45) is 1.55. The molecule has 0 aliphatic rings. The van der Waals surface area contributed by atoms with E-state index < -0.39 is 5.91 Å². The topological polar surface area (TPSA) is 80.9 Å². The van der Waals surface area contributed by atoms with Crippen molar-refractivity contribution in [2.75, 3.05) is 5.32 Å². The molecular weight excluding hydrogens is 380 g/mol. The highest BCUT2D eigenvalue weighted by Gasteiger charge is 2.17. The number of aromatic nitrogens is 2. The van der Waals surface area contributed by atoms with Gasteiger partial charge in [0, 0.05) is 26.7 Å². The van der Waals surface area contributed by atoms with Crippen LogP contribution >= 0.6 is 22.9 Å². The summed E-state index contributed by atoms with van der Waals surface area (Å²) in [5.41, 5.74) is 8.72. The number of primary amides is 1. The lowest BCUT2D eigenvalue weighted by Gasteiger charge is -2.09. The number of halogens is 1. The summed E-state index contributed by atoms with van der Waals surface area (Å²) in [5.74, 6) is 0.255. The van der Waals surface area contributed by atoms with Crippen molar-refractivity contribution in [2.45, 2.75) is 6.92 Å². The van der Waals surface area contributed by atoms with Crippen LogP contribution in [-0.2, 0) is 0 Å². The summed E-state index contributed by atoms with van der Waals surface area (Å²) >= 11 is 7.66. The second-order valence-corrected chi connectivity index (χ2v) is 7.65. The highest BCUT2D eigenvalue weighted by atomic mass is 35.5. The quantitative estimate of drug-likeness (QED) is 0.500. The van der Waals surface area contributed by atoms with Gasteiger partial charge in [0.1, 0.15) is 17.0 Å². The lowest BCUT2D eigenvalue weighted by molar-refractivity contribution is 0.100. The Morgan fingerprint density at radius 2 is 1.78 bits per heavy atom. The largest absolute Gasteiger partial charge is 0.366 e. The number of rotatable bonds is 4. The molecule has 27 heavy (non-hydrogen) atoms. The average Bonchev–Trinajstić information content (AvgIpc) is 3.00. The Morgan fingerprint density at radius 3 is 2.44 bits per heavy atom. The third-order valence-electron chi connectivity index (χ3n) is 4.23. The van der Waals surface area contributed by atoms with Crippen molar-refractivity contribution in [1.29, 1.82) is 0 Å². The fourth-order valence-electron chi connectivity index (χ4n) is 2.96. The van der Waals surface area contributed by atoms with E-state index >= 15 is 0 Å². The lowest BCUT2D eigenvalue weighted by Crippen LogP contribution is -2.10. The molecule has 0 bridgehead atoms. The molecular formula is C20H15ClN4OS. The van der Waals surface area contributed by atoms with E-state index in [1.54, 1.807) is 41.9 Å². The first-order chi connectivity index (χ1) is 13.0. The smallest absolute Gasteiger partial charge is 0.248 e. The van der Waals surface area contributed by atoms with E-state index in [1.165, 1.54) is 0 Å². The number of nitrogens with one attached hydrogen (secondary N) is 1. The zero-order valence-electron chi connectivity index (χ0n) is 14.4. The molecule has 0 fully saturated rings. The number of carbonyl (C=O) groups excluding carboxylic acids is 1. The third-order valence-corrected chi connectivity index (χ3v) is 5.49. The fourth-order valence-corrected chi connectivity index (χ4v) is 4.10. The van der Waals surface area contributed by atoms with Gasteiger partial charge in [0.15, 0.2) is 0 Å². The van der Waals surface area contributed by atoms with Gasteiger partial charge in [0.25, 0.3) is 0 Å². The van der Waals surface area contributed by atoms with E-state index in [0.29, 0.717) is 16.4 Å². The second-order valence-electron chi connectivity index (χ2n) is 6.01. The minimum Gasteiger partial charge on any atom is -0.366 e. The molecule has 0 atom stereocenters. The van der Waals surface area contributed by atoms with Crippen molar-refractivity contribution in [3.8, 4) is 11.1 Å². The summed E-state index contributed by atoms with van der Waals surface area (Å²) in [6.45, 7) is 2.07. The molecule has 0 saturated heterocycles. The molecule has 7 heteroatoms. The monoisotopic (exact) mass is 394 g/mol. The zero-order valence-corrected chi connectivity index (χ0v) is 15.9. The first-order valence-corrected chi connectivity index (χ1v) is 9.39. The van der Waals surface area contributed by atoms with Crippen LogP contribution in [-0.4, -0.2) is 15.9 Å². The maximum Gasteiger partial charge on any atom is 0.248 e. The number of nitrogens with two attached hydrogens (primary N) is 1. The predicted molar refractivity (Wildman–Crippen MR) is 111 cm³/mol. The number of nitrogens with zero attached hydrogens (tertiary/aromatic N) is 2. The SMILES string of the molecule is Cc1sc2ncnc(Nc3ccc(C(N)=O)cc3)c2c1-c1ccc(Cl)cc1. The molecule has 3 N–H and O–H groups in total. The van der Waals surface area contributed by atoms with Gasteiger partial charge < -0.3 is 11.1 Å². The van der Waals surface area contributed by atoms with Gasteiger partial charge in [0.05, 0.1) is 5.39 Å². The summed E-state index contributed by atoms with van der Waals surface area (Å²) < 4.78 is 0. The molecule has 0 unspecified atom stereocenters. The van der Waals surface area contributed by atoms with Crippen molar-refractivity contribution in [3.05, 3.63) is 70.3 Å². The first-order valence-electron chi connectivity index (χ1n) is 8.20. The molecule has 5 nitrogen and oxygen atoms in total. The van der Waals surface area contributed by atoms with Gasteiger partial charge >= 0.3 is 0 Å². The number of fused-ring (bicyclic) bond motifs is 1. The molecule has 1 amide bonds. The molecule has 0 saturated carbocycles. The third kappa shape index (κ3) is 3.37. The van der Waals surface area contributed by atoms with Gasteiger partial charge in [-0.05, 0) is 48.9 Å². The molecule has 2 heterocycles. The number of benzene rings is 2.